The second-order valence-electron chi connectivity index (χ2n) is 4.81. The maximum absolute atomic E-state index is 11.9. The SMILES string of the molecule is COCCO[C@H]1C(O)[C@@H](CN=[N+]=[N-])O[C@H]1n1ccc(=O)[nH]c1=O. The van der Waals surface area contributed by atoms with Crippen molar-refractivity contribution in [1.29, 1.82) is 0 Å². The number of hydrogen-bond acceptors (Lipinski definition) is 7. The van der Waals surface area contributed by atoms with E-state index in [2.05, 4.69) is 15.0 Å². The van der Waals surface area contributed by atoms with Gasteiger partial charge in [0.15, 0.2) is 6.23 Å². The van der Waals surface area contributed by atoms with Gasteiger partial charge < -0.3 is 19.3 Å². The van der Waals surface area contributed by atoms with Crippen LogP contribution in [0.2, 0.25) is 0 Å². The van der Waals surface area contributed by atoms with E-state index in [1.807, 2.05) is 0 Å². The first-order valence-electron chi connectivity index (χ1n) is 6.85. The molecule has 4 atom stereocenters. The lowest BCUT2D eigenvalue weighted by atomic mass is 10.1. The number of aromatic nitrogens is 2. The fourth-order valence-corrected chi connectivity index (χ4v) is 2.29. The van der Waals surface area contributed by atoms with Crippen LogP contribution in [0.5, 0.6) is 0 Å². The van der Waals surface area contributed by atoms with Gasteiger partial charge in [0, 0.05) is 24.3 Å². The summed E-state index contributed by atoms with van der Waals surface area (Å²) in [4.78, 5) is 27.8. The number of aliphatic hydroxyl groups excluding tert-OH is 1. The van der Waals surface area contributed by atoms with Crippen molar-refractivity contribution >= 4 is 0 Å². The zero-order chi connectivity index (χ0) is 16.8. The molecule has 1 aliphatic rings. The van der Waals surface area contributed by atoms with Crippen LogP contribution in [0.1, 0.15) is 6.23 Å². The van der Waals surface area contributed by atoms with Crippen LogP contribution in [0.3, 0.4) is 0 Å². The van der Waals surface area contributed by atoms with E-state index in [9.17, 15) is 14.7 Å². The number of azide groups is 1. The average molecular weight is 327 g/mol. The Morgan fingerprint density at radius 3 is 2.96 bits per heavy atom. The Balaban J connectivity index is 2.26. The minimum Gasteiger partial charge on any atom is -0.388 e. The fraction of sp³-hybridized carbons (Fsp3) is 0.667. The summed E-state index contributed by atoms with van der Waals surface area (Å²) in [6, 6.07) is 1.16. The predicted octanol–water partition coefficient (Wildman–Crippen LogP) is -0.863. The van der Waals surface area contributed by atoms with Gasteiger partial charge in [0.1, 0.15) is 12.2 Å². The van der Waals surface area contributed by atoms with Crippen LogP contribution in [0, 0.1) is 0 Å². The number of hydrogen-bond donors (Lipinski definition) is 2. The Morgan fingerprint density at radius 1 is 1.52 bits per heavy atom. The molecule has 1 saturated heterocycles. The molecule has 0 amide bonds. The third-order valence-electron chi connectivity index (χ3n) is 3.36. The molecule has 0 aromatic carbocycles. The van der Waals surface area contributed by atoms with Gasteiger partial charge in [0.2, 0.25) is 0 Å². The van der Waals surface area contributed by atoms with E-state index in [1.54, 1.807) is 0 Å². The van der Waals surface area contributed by atoms with E-state index in [1.165, 1.54) is 13.3 Å². The molecule has 1 aromatic rings. The van der Waals surface area contributed by atoms with E-state index >= 15 is 0 Å². The summed E-state index contributed by atoms with van der Waals surface area (Å²) in [6.45, 7) is 0.346. The monoisotopic (exact) mass is 327 g/mol. The Kier molecular flexibility index (Phi) is 5.90. The average Bonchev–Trinajstić information content (AvgIpc) is 2.82. The topological polar surface area (TPSA) is 152 Å². The highest BCUT2D eigenvalue weighted by Crippen LogP contribution is 2.31. The van der Waals surface area contributed by atoms with E-state index in [-0.39, 0.29) is 19.8 Å². The summed E-state index contributed by atoms with van der Waals surface area (Å²) in [5, 5.41) is 13.7. The number of H-pyrrole nitrogens is 1. The Hall–Kier alpha value is -2.17. The van der Waals surface area contributed by atoms with Crippen LogP contribution in [0.25, 0.3) is 10.4 Å². The highest BCUT2D eigenvalue weighted by Gasteiger charge is 2.45. The molecule has 126 valence electrons. The zero-order valence-electron chi connectivity index (χ0n) is 12.4. The summed E-state index contributed by atoms with van der Waals surface area (Å²) in [5.41, 5.74) is 7.14. The van der Waals surface area contributed by atoms with E-state index in [0.717, 1.165) is 10.6 Å². The first kappa shape index (κ1) is 17.2. The maximum Gasteiger partial charge on any atom is 0.330 e. The van der Waals surface area contributed by atoms with Gasteiger partial charge in [0.25, 0.3) is 5.56 Å². The minimum atomic E-state index is -1.11. The number of rotatable bonds is 7. The van der Waals surface area contributed by atoms with Crippen molar-refractivity contribution in [2.75, 3.05) is 26.9 Å². The number of nitrogens with one attached hydrogen (secondary N) is 1. The summed E-state index contributed by atoms with van der Waals surface area (Å²) < 4.78 is 17.1. The Labute approximate surface area is 130 Å². The molecule has 11 nitrogen and oxygen atoms in total. The molecular formula is C12H17N5O6. The molecule has 0 saturated carbocycles. The molecule has 23 heavy (non-hydrogen) atoms. The van der Waals surface area contributed by atoms with Crippen molar-refractivity contribution in [3.05, 3.63) is 43.5 Å². The van der Waals surface area contributed by atoms with Crippen LogP contribution >= 0.6 is 0 Å². The Morgan fingerprint density at radius 2 is 2.30 bits per heavy atom. The minimum absolute atomic E-state index is 0.115. The molecule has 1 fully saturated rings. The summed E-state index contributed by atoms with van der Waals surface area (Å²) >= 11 is 0. The van der Waals surface area contributed by atoms with Gasteiger partial charge in [-0.25, -0.2) is 4.79 Å². The fourth-order valence-electron chi connectivity index (χ4n) is 2.29. The molecule has 0 radical (unpaired) electrons. The van der Waals surface area contributed by atoms with Crippen molar-refractivity contribution in [2.24, 2.45) is 5.11 Å². The van der Waals surface area contributed by atoms with Crippen molar-refractivity contribution in [2.45, 2.75) is 24.5 Å². The van der Waals surface area contributed by atoms with Crippen LogP contribution in [0.4, 0.5) is 0 Å². The third kappa shape index (κ3) is 3.97. The third-order valence-corrected chi connectivity index (χ3v) is 3.36. The molecule has 2 rings (SSSR count). The molecule has 1 aliphatic heterocycles. The van der Waals surface area contributed by atoms with Gasteiger partial charge in [-0.3, -0.25) is 14.3 Å². The van der Waals surface area contributed by atoms with Gasteiger partial charge in [-0.2, -0.15) is 0 Å². The van der Waals surface area contributed by atoms with Crippen LogP contribution in [-0.2, 0) is 14.2 Å². The molecule has 0 aliphatic carbocycles. The molecular weight excluding hydrogens is 310 g/mol. The van der Waals surface area contributed by atoms with Crippen molar-refractivity contribution < 1.29 is 19.3 Å². The quantitative estimate of drug-likeness (QED) is 0.287. The van der Waals surface area contributed by atoms with Crippen LogP contribution in [-0.4, -0.2) is 59.8 Å². The maximum atomic E-state index is 11.9. The molecule has 11 heteroatoms. The highest BCUT2D eigenvalue weighted by atomic mass is 16.6. The molecule has 0 spiro atoms. The van der Waals surface area contributed by atoms with Gasteiger partial charge in [-0.15, -0.1) is 0 Å². The Bertz CT molecular complexity index is 681. The first-order chi connectivity index (χ1) is 11.1. The first-order valence-corrected chi connectivity index (χ1v) is 6.85. The number of ether oxygens (including phenoxy) is 3. The molecule has 0 bridgehead atoms. The molecule has 2 N–H and O–H groups in total. The van der Waals surface area contributed by atoms with Crippen molar-refractivity contribution in [3.8, 4) is 0 Å². The smallest absolute Gasteiger partial charge is 0.330 e. The van der Waals surface area contributed by atoms with E-state index in [0.29, 0.717) is 0 Å². The summed E-state index contributed by atoms with van der Waals surface area (Å²) in [6.07, 6.45) is -2.54. The number of aliphatic hydroxyl groups is 1. The van der Waals surface area contributed by atoms with Crippen LogP contribution < -0.4 is 11.2 Å². The lowest BCUT2D eigenvalue weighted by Crippen LogP contribution is -2.39. The van der Waals surface area contributed by atoms with Gasteiger partial charge >= 0.3 is 5.69 Å². The van der Waals surface area contributed by atoms with Crippen molar-refractivity contribution in [1.82, 2.24) is 9.55 Å². The molecule has 1 aromatic heterocycles. The van der Waals surface area contributed by atoms with Crippen molar-refractivity contribution in [3.63, 3.8) is 0 Å². The standard InChI is InChI=1S/C12H17N5O6/c1-21-4-5-22-10-9(19)7(6-14-16-13)23-11(10)17-3-2-8(18)15-12(17)20/h2-3,7,9-11,19H,4-6H2,1H3,(H,15,18,20)/t7-,9?,10+,11-/m1/s1. The molecule has 1 unspecified atom stereocenters. The zero-order valence-corrected chi connectivity index (χ0v) is 12.4. The predicted molar refractivity (Wildman–Crippen MR) is 76.9 cm³/mol. The van der Waals surface area contributed by atoms with Crippen LogP contribution in [0.15, 0.2) is 27.0 Å². The van der Waals surface area contributed by atoms with Gasteiger partial charge in [-0.05, 0) is 5.53 Å². The summed E-state index contributed by atoms with van der Waals surface area (Å²) in [7, 11) is 1.50. The lowest BCUT2D eigenvalue weighted by Gasteiger charge is -2.22. The van der Waals surface area contributed by atoms with Gasteiger partial charge in [0.05, 0.1) is 25.9 Å². The number of aromatic amines is 1. The lowest BCUT2D eigenvalue weighted by molar-refractivity contribution is -0.0792. The second kappa shape index (κ2) is 7.90. The normalized spacial score (nSPS) is 26.9. The number of nitrogens with zero attached hydrogens (tertiary/aromatic N) is 4. The van der Waals surface area contributed by atoms with E-state index in [4.69, 9.17) is 19.7 Å². The number of methoxy groups -OCH3 is 1. The summed E-state index contributed by atoms with van der Waals surface area (Å²) in [5.74, 6) is 0. The van der Waals surface area contributed by atoms with E-state index < -0.39 is 35.8 Å². The molecule has 2 heterocycles. The second-order valence-corrected chi connectivity index (χ2v) is 4.81. The highest BCUT2D eigenvalue weighted by molar-refractivity contribution is 4.94. The largest absolute Gasteiger partial charge is 0.388 e. The van der Waals surface area contributed by atoms with Gasteiger partial charge in [-0.1, -0.05) is 5.11 Å².